The van der Waals surface area contributed by atoms with Gasteiger partial charge in [-0.2, -0.15) is 0 Å². The van der Waals surface area contributed by atoms with Crippen molar-refractivity contribution in [3.05, 3.63) is 242 Å². The molecule has 29 heteroatoms. The van der Waals surface area contributed by atoms with Crippen molar-refractivity contribution in [2.24, 2.45) is 0 Å². The molecule has 1 fully saturated rings. The van der Waals surface area contributed by atoms with Crippen molar-refractivity contribution < 1.29 is 46.6 Å². The second-order valence-corrected chi connectivity index (χ2v) is 27.1. The summed E-state index contributed by atoms with van der Waals surface area (Å²) in [6.45, 7) is 13.3. The lowest BCUT2D eigenvalue weighted by Gasteiger charge is -2.32. The summed E-state index contributed by atoms with van der Waals surface area (Å²) >= 11 is 40.3. The van der Waals surface area contributed by atoms with Crippen LogP contribution in [-0.4, -0.2) is 96.6 Å². The molecule has 16 rings (SSSR count). The highest BCUT2D eigenvalue weighted by Crippen LogP contribution is 2.38. The van der Waals surface area contributed by atoms with E-state index in [9.17, 15) is 4.79 Å². The molecule has 4 aromatic carbocycles. The summed E-state index contributed by atoms with van der Waals surface area (Å²) in [4.78, 5) is 47.8. The zero-order valence-corrected chi connectivity index (χ0v) is 60.0. The number of halogens is 7. The van der Waals surface area contributed by atoms with Gasteiger partial charge in [-0.15, -0.1) is 0 Å². The molecule has 20 nitrogen and oxygen atoms in total. The van der Waals surface area contributed by atoms with E-state index in [-0.39, 0.29) is 22.1 Å². The fourth-order valence-electron chi connectivity index (χ4n) is 9.71. The fourth-order valence-corrected chi connectivity index (χ4v) is 10.8. The Morgan fingerprint density at radius 3 is 1.47 bits per heavy atom. The lowest BCUT2D eigenvalue weighted by molar-refractivity contribution is 0.00578. The van der Waals surface area contributed by atoms with Crippen LogP contribution in [-0.2, 0) is 14.0 Å². The minimum atomic E-state index is -1.69. The van der Waals surface area contributed by atoms with E-state index in [1.165, 1.54) is 24.0 Å². The van der Waals surface area contributed by atoms with Crippen LogP contribution >= 0.6 is 81.2 Å². The molecule has 512 valence electrons. The molecule has 3 N–H and O–H groups in total. The van der Waals surface area contributed by atoms with Crippen molar-refractivity contribution in [3.8, 4) is 46.1 Å². The Balaban J connectivity index is 0.000000124. The predicted octanol–water partition coefficient (Wildman–Crippen LogP) is 18.7. The van der Waals surface area contributed by atoms with Gasteiger partial charge in [0.1, 0.15) is 43.9 Å². The Kier molecular flexibility index (Phi) is 23.0. The first kappa shape index (κ1) is 73.1. The van der Waals surface area contributed by atoms with Gasteiger partial charge < -0.3 is 46.7 Å². The maximum absolute atomic E-state index is 11.6. The van der Waals surface area contributed by atoms with Crippen LogP contribution in [0.25, 0.3) is 95.6 Å². The molecule has 0 bridgehead atoms. The van der Waals surface area contributed by atoms with Gasteiger partial charge in [0.05, 0.1) is 33.9 Å². The number of hydrogen-bond donors (Lipinski definition) is 3. The van der Waals surface area contributed by atoms with E-state index >= 15 is 0 Å². The Hall–Kier alpha value is -9.13. The van der Waals surface area contributed by atoms with Crippen molar-refractivity contribution in [3.63, 3.8) is 0 Å². The average molecular weight is 1490 g/mol. The topological polar surface area (TPSA) is 262 Å². The average Bonchev–Trinajstić information content (AvgIpc) is 1.61. The maximum Gasteiger partial charge on any atom is 0.532 e. The van der Waals surface area contributed by atoms with E-state index < -0.39 is 25.9 Å². The van der Waals surface area contributed by atoms with Crippen molar-refractivity contribution in [2.45, 2.75) is 71.7 Å². The Bertz CT molecular complexity index is 5270. The summed E-state index contributed by atoms with van der Waals surface area (Å²) in [5.74, 6) is 3.46. The number of furan rings is 4. The summed E-state index contributed by atoms with van der Waals surface area (Å²) in [5, 5.41) is 25.4. The summed E-state index contributed by atoms with van der Waals surface area (Å²) in [5.41, 5.74) is 6.23. The highest BCUT2D eigenvalue weighted by atomic mass is 35.5. The van der Waals surface area contributed by atoms with Gasteiger partial charge in [0, 0.05) is 97.0 Å². The summed E-state index contributed by atoms with van der Waals surface area (Å²) in [6, 6.07) is 43.6. The van der Waals surface area contributed by atoms with Gasteiger partial charge >= 0.3 is 20.3 Å². The van der Waals surface area contributed by atoms with Crippen molar-refractivity contribution >= 4 is 162 Å². The van der Waals surface area contributed by atoms with E-state index in [0.717, 1.165) is 66.4 Å². The fraction of sp³-hybridized carbons (Fsp3) is 0.153. The molecule has 0 saturated carbocycles. The smallest absolute Gasteiger partial charge is 0.465 e. The number of rotatable bonds is 7. The van der Waals surface area contributed by atoms with Crippen LogP contribution in [0.4, 0.5) is 4.79 Å². The minimum absolute atomic E-state index is 0.0873. The predicted molar refractivity (Wildman–Crippen MR) is 398 cm³/mol. The molecule has 1 aliphatic carbocycles. The first-order valence-electron chi connectivity index (χ1n) is 30.9. The lowest BCUT2D eigenvalue weighted by Crippen LogP contribution is -2.41. The molecule has 14 aromatic rings. The van der Waals surface area contributed by atoms with Crippen molar-refractivity contribution in [2.75, 3.05) is 0 Å². The monoisotopic (exact) mass is 1490 g/mol. The van der Waals surface area contributed by atoms with Gasteiger partial charge in [-0.05, 0) is 199 Å². The molecule has 0 spiro atoms. The molecule has 0 amide bonds. The molecule has 10 aromatic heterocycles. The summed E-state index contributed by atoms with van der Waals surface area (Å²) < 4.78 is 41.1. The number of benzene rings is 4. The molecule has 0 radical (unpaired) electrons. The highest BCUT2D eigenvalue weighted by molar-refractivity contribution is 6.61. The molecule has 11 heterocycles. The standard InChI is InChI=1S/C17H11ClN2O.C16H10ClN3O.C14H16BClO3.C12H6Cl2N2O.C9H14BNO4.C4H2Cl2N2/c18-13-6-5-12-9-16(21-15(12)10-13)17-19-8-7-14(20-17)11-3-1-2-4-11;17-11-4-3-10-8-15(21-14(10)9-11)16-19-7-5-13(20-16)12-2-1-6-18-12;1-13(2)14(3,4)19-15(18-13)12-7-9-5-6-10(16)8-11(9)17-12;13-8-2-1-7-5-10(17-9(7)6-8)12-15-4-3-11(14)16-12;1-9(2,3)15-8(12)11-6-4-5-7(11)10(13)14;5-3-1-2-7-4(6)8-3/h1-3,5-10H,4H2;1-9,18H;5-8H,1-4H3;1-6H;4-6,13-14H,1-3H3;1-2H. The van der Waals surface area contributed by atoms with Crippen LogP contribution in [0.1, 0.15) is 60.6 Å². The van der Waals surface area contributed by atoms with Gasteiger partial charge in [0.15, 0.2) is 34.8 Å². The molecule has 0 atom stereocenters. The number of fused-ring (bicyclic) bond motifs is 4. The van der Waals surface area contributed by atoms with Gasteiger partial charge in [0.25, 0.3) is 0 Å². The number of ether oxygens (including phenoxy) is 1. The molecule has 2 aliphatic rings. The second kappa shape index (κ2) is 31.8. The zero-order chi connectivity index (χ0) is 71.8. The number of hydrogen-bond acceptors (Lipinski definition) is 18. The highest BCUT2D eigenvalue weighted by Gasteiger charge is 2.53. The van der Waals surface area contributed by atoms with Crippen LogP contribution in [0.5, 0.6) is 0 Å². The van der Waals surface area contributed by atoms with Crippen LogP contribution in [0.15, 0.2) is 219 Å². The van der Waals surface area contributed by atoms with E-state index in [1.807, 2.05) is 137 Å². The van der Waals surface area contributed by atoms with Crippen molar-refractivity contribution in [1.82, 2.24) is 49.4 Å². The van der Waals surface area contributed by atoms with Crippen LogP contribution in [0, 0.1) is 0 Å². The van der Waals surface area contributed by atoms with Crippen LogP contribution < -0.4 is 11.3 Å². The lowest BCUT2D eigenvalue weighted by atomic mass is 9.86. The Morgan fingerprint density at radius 2 is 1.02 bits per heavy atom. The van der Waals surface area contributed by atoms with E-state index in [0.29, 0.717) is 76.4 Å². The molecular weight excluding hydrogens is 1430 g/mol. The number of aromatic amines is 1. The quantitative estimate of drug-likeness (QED) is 0.0761. The molecule has 0 unspecified atom stereocenters. The number of carbonyl (C=O) groups excluding carboxylic acids is 1. The van der Waals surface area contributed by atoms with Crippen molar-refractivity contribution in [1.29, 1.82) is 0 Å². The van der Waals surface area contributed by atoms with E-state index in [1.54, 1.807) is 81.8 Å². The molecule has 1 aliphatic heterocycles. The van der Waals surface area contributed by atoms with E-state index in [2.05, 4.69) is 57.0 Å². The van der Waals surface area contributed by atoms with Gasteiger partial charge in [-0.1, -0.05) is 87.8 Å². The van der Waals surface area contributed by atoms with Crippen LogP contribution in [0.3, 0.4) is 0 Å². The molecular formula is C72H59B2Cl7N10O10. The Labute approximate surface area is 614 Å². The largest absolute Gasteiger partial charge is 0.532 e. The summed E-state index contributed by atoms with van der Waals surface area (Å²) in [7, 11) is -2.16. The second-order valence-electron chi connectivity index (χ2n) is 24.2. The zero-order valence-electron chi connectivity index (χ0n) is 54.7. The number of H-pyrrole nitrogens is 1. The third-order valence-corrected chi connectivity index (χ3v) is 16.8. The van der Waals surface area contributed by atoms with E-state index in [4.69, 9.17) is 123 Å². The van der Waals surface area contributed by atoms with Gasteiger partial charge in [-0.25, -0.2) is 44.7 Å². The SMILES string of the molecule is CC(C)(C)OC(=O)n1cccc1B(O)O.CC1(C)OB(c2cc3ccc(Cl)cc3o2)OC1(C)C.Clc1ccc2cc(-c3nccc(-c4ccc[nH]4)n3)oc2c1.Clc1ccc2cc(-c3nccc(C4=CC=CC4)n3)oc2c1.Clc1ccc2cc(-c3nccc(Cl)n3)oc2c1.Clc1ccnc(Cl)n1. The third-order valence-electron chi connectivity index (χ3n) is 15.2. The van der Waals surface area contributed by atoms with Gasteiger partial charge in [-0.3, -0.25) is 4.57 Å². The number of nitrogens with zero attached hydrogens (tertiary/aromatic N) is 9. The van der Waals surface area contributed by atoms with Gasteiger partial charge in [0.2, 0.25) is 5.28 Å². The number of aromatic nitrogens is 10. The number of nitrogens with one attached hydrogen (secondary N) is 1. The summed E-state index contributed by atoms with van der Waals surface area (Å²) in [6.07, 6.45) is 16.4. The third kappa shape index (κ3) is 18.9. The first-order valence-corrected chi connectivity index (χ1v) is 33.5. The Morgan fingerprint density at radius 1 is 0.554 bits per heavy atom. The molecule has 101 heavy (non-hydrogen) atoms. The number of allylic oxidation sites excluding steroid dienone is 4. The minimum Gasteiger partial charge on any atom is -0.465 e. The first-order chi connectivity index (χ1) is 48.2. The van der Waals surface area contributed by atoms with Crippen LogP contribution in [0.2, 0.25) is 35.7 Å². The molecule has 1 saturated heterocycles. The normalized spacial score (nSPS) is 13.4. The maximum atomic E-state index is 11.6. The number of carbonyl (C=O) groups is 1.